The van der Waals surface area contributed by atoms with Gasteiger partial charge >= 0.3 is 0 Å². The number of rotatable bonds is 5. The van der Waals surface area contributed by atoms with Crippen LogP contribution in [0.3, 0.4) is 0 Å². The van der Waals surface area contributed by atoms with Crippen LogP contribution in [0.2, 0.25) is 0 Å². The molecule has 2 aliphatic heterocycles. The third-order valence-corrected chi connectivity index (χ3v) is 6.62. The molecule has 5 nitrogen and oxygen atoms in total. The van der Waals surface area contributed by atoms with Gasteiger partial charge in [0.05, 0.1) is 39.7 Å². The summed E-state index contributed by atoms with van der Waals surface area (Å²) in [6.07, 6.45) is 3.38. The summed E-state index contributed by atoms with van der Waals surface area (Å²) in [5.41, 5.74) is 3.02. The van der Waals surface area contributed by atoms with Gasteiger partial charge in [-0.25, -0.2) is 0 Å². The molecule has 4 rings (SSSR count). The zero-order valence-electron chi connectivity index (χ0n) is 16.8. The Morgan fingerprint density at radius 2 is 2.00 bits per heavy atom. The highest BCUT2D eigenvalue weighted by Gasteiger charge is 2.42. The maximum Gasteiger partial charge on any atom is 0.231 e. The number of fused-ring (bicyclic) bond motifs is 2. The lowest BCUT2D eigenvalue weighted by Crippen LogP contribution is -2.48. The van der Waals surface area contributed by atoms with Gasteiger partial charge in [0, 0.05) is 16.9 Å². The molecule has 28 heavy (non-hydrogen) atoms. The van der Waals surface area contributed by atoms with Crippen LogP contribution in [0.5, 0.6) is 17.2 Å². The highest BCUT2D eigenvalue weighted by atomic mass is 32.2. The Morgan fingerprint density at radius 1 is 1.25 bits per heavy atom. The number of hydrogen-bond acceptors (Lipinski definition) is 5. The molecule has 0 saturated heterocycles. The number of carbonyl (C=O) groups excluding carboxylic acids is 1. The molecule has 2 heterocycles. The fraction of sp³-hybridized carbons (Fsp3) is 0.409. The van der Waals surface area contributed by atoms with E-state index >= 15 is 0 Å². The molecule has 1 atom stereocenters. The summed E-state index contributed by atoms with van der Waals surface area (Å²) < 4.78 is 17.8. The molecule has 0 saturated carbocycles. The topological polar surface area (TPSA) is 44.8 Å². The molecule has 0 aliphatic carbocycles. The number of ketones is 1. The van der Waals surface area contributed by atoms with Gasteiger partial charge in [0.1, 0.15) is 6.04 Å². The first kappa shape index (κ1) is 19.2. The van der Waals surface area contributed by atoms with Crippen LogP contribution in [0, 0.1) is 0 Å². The number of carbonyl (C=O) groups is 1. The fourth-order valence-electron chi connectivity index (χ4n) is 4.19. The van der Waals surface area contributed by atoms with Crippen molar-refractivity contribution in [2.45, 2.75) is 23.8 Å². The predicted molar refractivity (Wildman–Crippen MR) is 110 cm³/mol. The highest BCUT2D eigenvalue weighted by Crippen LogP contribution is 2.51. The molecule has 6 heteroatoms. The van der Waals surface area contributed by atoms with E-state index in [9.17, 15) is 4.79 Å². The molecule has 0 radical (unpaired) electrons. The number of benzene rings is 2. The smallest absolute Gasteiger partial charge is 0.231 e. The molecule has 1 unspecified atom stereocenters. The average Bonchev–Trinajstić information content (AvgIpc) is 3.16. The van der Waals surface area contributed by atoms with Crippen molar-refractivity contribution in [1.82, 2.24) is 0 Å². The summed E-state index contributed by atoms with van der Waals surface area (Å²) in [6.45, 7) is 1.16. The van der Waals surface area contributed by atoms with E-state index < -0.39 is 0 Å². The second-order valence-corrected chi connectivity index (χ2v) is 8.72. The normalized spacial score (nSPS) is 19.2. The maximum absolute atomic E-state index is 13.1. The van der Waals surface area contributed by atoms with Crippen molar-refractivity contribution in [2.24, 2.45) is 0 Å². The number of quaternary nitrogens is 1. The Kier molecular flexibility index (Phi) is 5.02. The van der Waals surface area contributed by atoms with E-state index in [1.165, 1.54) is 5.56 Å². The van der Waals surface area contributed by atoms with Gasteiger partial charge in [-0.1, -0.05) is 12.1 Å². The second-order valence-electron chi connectivity index (χ2n) is 7.84. The minimum atomic E-state index is 0.000858. The number of hydrogen-bond donors (Lipinski definition) is 0. The summed E-state index contributed by atoms with van der Waals surface area (Å²) in [7, 11) is 6.02. The van der Waals surface area contributed by atoms with E-state index in [1.54, 1.807) is 18.9 Å². The summed E-state index contributed by atoms with van der Waals surface area (Å²) in [5, 5.41) is 0. The first-order valence-corrected chi connectivity index (χ1v) is 10.7. The lowest BCUT2D eigenvalue weighted by molar-refractivity contribution is -0.922. The van der Waals surface area contributed by atoms with Crippen LogP contribution < -0.4 is 14.2 Å². The maximum atomic E-state index is 13.1. The highest BCUT2D eigenvalue weighted by molar-refractivity contribution is 7.98. The van der Waals surface area contributed by atoms with Crippen molar-refractivity contribution in [3.05, 3.63) is 47.0 Å². The molecule has 0 amide bonds. The number of thioether (sulfide) groups is 1. The van der Waals surface area contributed by atoms with Crippen LogP contribution in [-0.2, 0) is 6.42 Å². The van der Waals surface area contributed by atoms with E-state index in [4.69, 9.17) is 14.2 Å². The quantitative estimate of drug-likeness (QED) is 0.430. The minimum absolute atomic E-state index is 0.000858. The van der Waals surface area contributed by atoms with E-state index in [-0.39, 0.29) is 18.6 Å². The summed E-state index contributed by atoms with van der Waals surface area (Å²) >= 11 is 1.67. The van der Waals surface area contributed by atoms with Gasteiger partial charge in [0.15, 0.2) is 17.3 Å². The van der Waals surface area contributed by atoms with Crippen LogP contribution in [0.1, 0.15) is 33.9 Å². The Labute approximate surface area is 170 Å². The van der Waals surface area contributed by atoms with Crippen molar-refractivity contribution in [2.75, 3.05) is 40.8 Å². The lowest BCUT2D eigenvalue weighted by atomic mass is 9.86. The second kappa shape index (κ2) is 7.33. The van der Waals surface area contributed by atoms with Crippen LogP contribution in [-0.4, -0.2) is 51.1 Å². The minimum Gasteiger partial charge on any atom is -0.492 e. The van der Waals surface area contributed by atoms with Crippen molar-refractivity contribution >= 4 is 17.5 Å². The number of likely N-dealkylation sites (N-methyl/N-ethyl adjacent to an activating group) is 1. The van der Waals surface area contributed by atoms with Gasteiger partial charge in [-0.05, 0) is 30.0 Å². The zero-order chi connectivity index (χ0) is 19.9. The van der Waals surface area contributed by atoms with Crippen LogP contribution in [0.15, 0.2) is 35.2 Å². The molecule has 0 fully saturated rings. The number of methoxy groups -OCH3 is 1. The van der Waals surface area contributed by atoms with Crippen molar-refractivity contribution < 1.29 is 23.5 Å². The van der Waals surface area contributed by atoms with Gasteiger partial charge in [-0.3, -0.25) is 4.79 Å². The van der Waals surface area contributed by atoms with Crippen molar-refractivity contribution in [3.63, 3.8) is 0 Å². The molecule has 0 aromatic heterocycles. The van der Waals surface area contributed by atoms with E-state index in [1.807, 2.05) is 30.5 Å². The van der Waals surface area contributed by atoms with Crippen LogP contribution in [0.25, 0.3) is 0 Å². The van der Waals surface area contributed by atoms with Crippen molar-refractivity contribution in [3.8, 4) is 17.2 Å². The zero-order valence-corrected chi connectivity index (χ0v) is 17.6. The van der Waals surface area contributed by atoms with Gasteiger partial charge in [-0.2, -0.15) is 0 Å². The first-order valence-electron chi connectivity index (χ1n) is 9.44. The Balaban J connectivity index is 1.73. The summed E-state index contributed by atoms with van der Waals surface area (Å²) in [5.74, 6) is 2.26. The Hall–Kier alpha value is -2.18. The summed E-state index contributed by atoms with van der Waals surface area (Å²) in [6, 6.07) is 9.92. The van der Waals surface area contributed by atoms with Crippen molar-refractivity contribution in [1.29, 1.82) is 0 Å². The SMILES string of the molecule is COc1c2c(cc3c1C(CC(=O)c1ccc(SC)cc1)[N+](C)(C)CC3)OCO2. The fourth-order valence-corrected chi connectivity index (χ4v) is 4.59. The molecule has 0 spiro atoms. The molecule has 148 valence electrons. The number of ether oxygens (including phenoxy) is 3. The monoisotopic (exact) mass is 400 g/mol. The Morgan fingerprint density at radius 3 is 2.68 bits per heavy atom. The standard InChI is InChI=1S/C22H26NO4S/c1-23(2)10-9-15-11-19-21(27-13-26-19)22(25-3)20(15)17(23)12-18(24)14-5-7-16(28-4)8-6-14/h5-8,11,17H,9-10,12-13H2,1-4H3/q+1. The van der Waals surface area contributed by atoms with Crippen LogP contribution in [0.4, 0.5) is 0 Å². The molecule has 0 bridgehead atoms. The molecular weight excluding hydrogens is 374 g/mol. The molecule has 0 N–H and O–H groups in total. The van der Waals surface area contributed by atoms with Gasteiger partial charge in [0.25, 0.3) is 0 Å². The third-order valence-electron chi connectivity index (χ3n) is 5.87. The average molecular weight is 401 g/mol. The van der Waals surface area contributed by atoms with Gasteiger partial charge in [-0.15, -0.1) is 11.8 Å². The number of nitrogens with zero attached hydrogens (tertiary/aromatic N) is 1. The summed E-state index contributed by atoms with van der Waals surface area (Å²) in [4.78, 5) is 14.3. The van der Waals surface area contributed by atoms with E-state index in [0.717, 1.165) is 39.2 Å². The van der Waals surface area contributed by atoms with Crippen LogP contribution >= 0.6 is 11.8 Å². The molecule has 2 aromatic rings. The molecule has 2 aromatic carbocycles. The molecular formula is C22H26NO4S+. The van der Waals surface area contributed by atoms with E-state index in [2.05, 4.69) is 20.2 Å². The van der Waals surface area contributed by atoms with Gasteiger partial charge in [0.2, 0.25) is 12.5 Å². The van der Waals surface area contributed by atoms with E-state index in [0.29, 0.717) is 17.9 Å². The lowest BCUT2D eigenvalue weighted by Gasteiger charge is -2.43. The number of Topliss-reactive ketones (excluding diaryl/α,β-unsaturated/α-hetero) is 1. The van der Waals surface area contributed by atoms with Gasteiger partial charge < -0.3 is 18.7 Å². The molecule has 2 aliphatic rings. The first-order chi connectivity index (χ1) is 13.4. The Bertz CT molecular complexity index is 908. The third kappa shape index (κ3) is 3.25. The largest absolute Gasteiger partial charge is 0.492 e. The predicted octanol–water partition coefficient (Wildman–Crippen LogP) is 4.09.